The van der Waals surface area contributed by atoms with Gasteiger partial charge in [-0.1, -0.05) is 48.0 Å². The quantitative estimate of drug-likeness (QED) is 0.593. The molecule has 0 aliphatic carbocycles. The lowest BCUT2D eigenvalue weighted by Gasteiger charge is -2.26. The van der Waals surface area contributed by atoms with Crippen molar-refractivity contribution in [1.29, 1.82) is 0 Å². The lowest BCUT2D eigenvalue weighted by molar-refractivity contribution is 0.278. The maximum absolute atomic E-state index is 7.00. The molecule has 1 aliphatic heterocycles. The Bertz CT molecular complexity index is 1080. The second-order valence-electron chi connectivity index (χ2n) is 7.10. The zero-order chi connectivity index (χ0) is 22.4. The van der Waals surface area contributed by atoms with Gasteiger partial charge in [-0.05, 0) is 72.0 Å². The van der Waals surface area contributed by atoms with E-state index in [9.17, 15) is 0 Å². The summed E-state index contributed by atoms with van der Waals surface area (Å²) in [5.74, 6) is 0.870. The van der Waals surface area contributed by atoms with Crippen molar-refractivity contribution < 1.29 is 14.6 Å². The van der Waals surface area contributed by atoms with Crippen molar-refractivity contribution in [3.63, 3.8) is 0 Å². The second-order valence-corrected chi connectivity index (χ2v) is 7.54. The number of nitrogens with zero attached hydrogens (tertiary/aromatic N) is 1. The summed E-state index contributed by atoms with van der Waals surface area (Å²) in [4.78, 5) is 4.73. The van der Waals surface area contributed by atoms with Crippen molar-refractivity contribution in [2.75, 3.05) is 20.3 Å². The number of halogens is 1. The second kappa shape index (κ2) is 9.86. The van der Waals surface area contributed by atoms with Gasteiger partial charge in [0.15, 0.2) is 5.54 Å². The van der Waals surface area contributed by atoms with Crippen LogP contribution in [0.2, 0.25) is 5.02 Å². The van der Waals surface area contributed by atoms with E-state index in [4.69, 9.17) is 36.9 Å². The van der Waals surface area contributed by atoms with Crippen molar-refractivity contribution in [3.8, 4) is 16.9 Å². The third kappa shape index (κ3) is 4.68. The van der Waals surface area contributed by atoms with Gasteiger partial charge in [0.2, 0.25) is 0 Å². The van der Waals surface area contributed by atoms with E-state index in [1.165, 1.54) is 0 Å². The molecule has 1 unspecified atom stereocenters. The van der Waals surface area contributed by atoms with Gasteiger partial charge in [0.1, 0.15) is 12.4 Å². The number of rotatable bonds is 5. The Kier molecular flexibility index (Phi) is 7.21. The summed E-state index contributed by atoms with van der Waals surface area (Å²) in [5, 5.41) is 7.70. The Morgan fingerprint density at radius 2 is 1.71 bits per heavy atom. The van der Waals surface area contributed by atoms with Crippen molar-refractivity contribution >= 4 is 17.6 Å². The van der Waals surface area contributed by atoms with Crippen LogP contribution in [0.4, 0.5) is 0 Å². The monoisotopic (exact) mass is 438 g/mol. The molecular weight excluding hydrogens is 412 g/mol. The summed E-state index contributed by atoms with van der Waals surface area (Å²) < 4.78 is 11.3. The highest BCUT2D eigenvalue weighted by atomic mass is 35.5. The van der Waals surface area contributed by atoms with E-state index in [0.717, 1.165) is 40.7 Å². The highest BCUT2D eigenvalue weighted by Crippen LogP contribution is 2.40. The molecule has 162 valence electrons. The van der Waals surface area contributed by atoms with E-state index in [1.807, 2.05) is 56.3 Å². The predicted molar refractivity (Wildman–Crippen MR) is 126 cm³/mol. The van der Waals surface area contributed by atoms with Gasteiger partial charge in [0, 0.05) is 12.1 Å². The van der Waals surface area contributed by atoms with Gasteiger partial charge in [0.25, 0.3) is 6.02 Å². The molecule has 3 N–H and O–H groups in total. The smallest absolute Gasteiger partial charge is 0.283 e. The minimum Gasteiger partial charge on any atom is -0.494 e. The molecule has 0 spiro atoms. The molecule has 0 amide bonds. The van der Waals surface area contributed by atoms with Crippen LogP contribution in [0, 0.1) is 6.92 Å². The number of ether oxygens (including phenoxy) is 2. The predicted octanol–water partition coefficient (Wildman–Crippen LogP) is 4.91. The van der Waals surface area contributed by atoms with E-state index in [2.05, 4.69) is 24.3 Å². The fraction of sp³-hybridized carbons (Fsp3) is 0.240. The van der Waals surface area contributed by atoms with Gasteiger partial charge < -0.3 is 20.3 Å². The summed E-state index contributed by atoms with van der Waals surface area (Å²) in [5.41, 5.74) is 10.4. The molecule has 6 heteroatoms. The molecule has 0 bridgehead atoms. The summed E-state index contributed by atoms with van der Waals surface area (Å²) in [6.45, 7) is 4.99. The topological polar surface area (TPSA) is 77.1 Å². The number of nitrogens with two attached hydrogens (primary N) is 1. The highest BCUT2D eigenvalue weighted by Gasteiger charge is 2.40. The van der Waals surface area contributed by atoms with Crippen LogP contribution in [0.25, 0.3) is 11.1 Å². The van der Waals surface area contributed by atoms with Gasteiger partial charge in [-0.2, -0.15) is 0 Å². The highest BCUT2D eigenvalue weighted by molar-refractivity contribution is 6.30. The van der Waals surface area contributed by atoms with Gasteiger partial charge in [-0.25, -0.2) is 4.99 Å². The van der Waals surface area contributed by atoms with Crippen LogP contribution in [0.15, 0.2) is 71.7 Å². The minimum absolute atomic E-state index is 0.199. The average molecular weight is 439 g/mol. The van der Waals surface area contributed by atoms with Gasteiger partial charge >= 0.3 is 0 Å². The fourth-order valence-corrected chi connectivity index (χ4v) is 3.93. The van der Waals surface area contributed by atoms with E-state index in [1.54, 1.807) is 0 Å². The van der Waals surface area contributed by atoms with Crippen LogP contribution >= 0.6 is 11.6 Å². The Labute approximate surface area is 188 Å². The molecule has 1 atom stereocenters. The average Bonchev–Trinajstić information content (AvgIpc) is 3.20. The van der Waals surface area contributed by atoms with Crippen molar-refractivity contribution in [2.24, 2.45) is 10.7 Å². The SMILES string of the molecule is CCOc1ccc(C2(c3cccc(-c4cccc(Cl)c4)c3)COC(N)=N2)cc1C.CO. The molecule has 4 rings (SSSR count). The molecule has 1 heterocycles. The molecule has 3 aromatic rings. The van der Waals surface area contributed by atoms with Gasteiger partial charge in [0.05, 0.1) is 6.61 Å². The number of aliphatic hydroxyl groups is 1. The van der Waals surface area contributed by atoms with Crippen LogP contribution < -0.4 is 10.5 Å². The van der Waals surface area contributed by atoms with Crippen LogP contribution in [-0.2, 0) is 10.3 Å². The third-order valence-corrected chi connectivity index (χ3v) is 5.42. The van der Waals surface area contributed by atoms with Gasteiger partial charge in [-0.15, -0.1) is 0 Å². The van der Waals surface area contributed by atoms with Crippen molar-refractivity contribution in [3.05, 3.63) is 88.4 Å². The number of aliphatic hydroxyl groups excluding tert-OH is 1. The summed E-state index contributed by atoms with van der Waals surface area (Å²) in [7, 11) is 1.00. The first-order valence-electron chi connectivity index (χ1n) is 10.0. The zero-order valence-corrected chi connectivity index (χ0v) is 18.7. The maximum atomic E-state index is 7.00. The largest absolute Gasteiger partial charge is 0.494 e. The van der Waals surface area contributed by atoms with E-state index in [-0.39, 0.29) is 6.02 Å². The molecule has 5 nitrogen and oxygen atoms in total. The zero-order valence-electron chi connectivity index (χ0n) is 17.9. The summed E-state index contributed by atoms with van der Waals surface area (Å²) in [6.07, 6.45) is 0. The molecule has 1 aliphatic rings. The Morgan fingerprint density at radius 1 is 1.03 bits per heavy atom. The van der Waals surface area contributed by atoms with Gasteiger partial charge in [-0.3, -0.25) is 0 Å². The molecular formula is C25H27ClN2O3. The van der Waals surface area contributed by atoms with E-state index >= 15 is 0 Å². The molecule has 0 radical (unpaired) electrons. The Morgan fingerprint density at radius 3 is 2.32 bits per heavy atom. The number of hydrogen-bond acceptors (Lipinski definition) is 5. The summed E-state index contributed by atoms with van der Waals surface area (Å²) >= 11 is 6.19. The maximum Gasteiger partial charge on any atom is 0.283 e. The van der Waals surface area contributed by atoms with E-state index in [0.29, 0.717) is 18.2 Å². The van der Waals surface area contributed by atoms with E-state index < -0.39 is 5.54 Å². The van der Waals surface area contributed by atoms with Crippen LogP contribution in [0.5, 0.6) is 5.75 Å². The number of benzene rings is 3. The molecule has 3 aromatic carbocycles. The molecule has 31 heavy (non-hydrogen) atoms. The van der Waals surface area contributed by atoms with Crippen LogP contribution in [0.1, 0.15) is 23.6 Å². The van der Waals surface area contributed by atoms with Crippen molar-refractivity contribution in [1.82, 2.24) is 0 Å². The number of aryl methyl sites for hydroxylation is 1. The minimum atomic E-state index is -0.700. The first-order valence-corrected chi connectivity index (χ1v) is 10.4. The normalized spacial score (nSPS) is 17.3. The lowest BCUT2D eigenvalue weighted by atomic mass is 9.82. The number of hydrogen-bond donors (Lipinski definition) is 2. The molecule has 0 fully saturated rings. The Hall–Kier alpha value is -3.02. The van der Waals surface area contributed by atoms with Crippen LogP contribution in [-0.4, -0.2) is 31.5 Å². The lowest BCUT2D eigenvalue weighted by Crippen LogP contribution is -2.27. The Balaban J connectivity index is 0.00000132. The number of aliphatic imine (C=N–C) groups is 1. The standard InChI is InChI=1S/C24H23ClN2O2.CH4O/c1-3-28-22-11-10-20(12-16(22)2)24(15-29-23(26)27-24)19-8-4-6-17(13-19)18-7-5-9-21(25)14-18;1-2/h4-14H,3,15H2,1-2H3,(H2,26,27);2H,1H3. The molecule has 0 aromatic heterocycles. The summed E-state index contributed by atoms with van der Waals surface area (Å²) in [6, 6.07) is 22.4. The molecule has 0 saturated heterocycles. The molecule has 0 saturated carbocycles. The van der Waals surface area contributed by atoms with Crippen LogP contribution in [0.3, 0.4) is 0 Å². The van der Waals surface area contributed by atoms with Crippen molar-refractivity contribution in [2.45, 2.75) is 19.4 Å². The number of amidine groups is 1. The first kappa shape index (κ1) is 22.7. The first-order chi connectivity index (χ1) is 15.0. The third-order valence-electron chi connectivity index (χ3n) is 5.18. The fourth-order valence-electron chi connectivity index (χ4n) is 3.74.